The van der Waals surface area contributed by atoms with Gasteiger partial charge in [0, 0.05) is 24.9 Å². The summed E-state index contributed by atoms with van der Waals surface area (Å²) in [7, 11) is 0. The van der Waals surface area contributed by atoms with Gasteiger partial charge in [-0.15, -0.1) is 0 Å². The highest BCUT2D eigenvalue weighted by atomic mass is 35.5. The van der Waals surface area contributed by atoms with Gasteiger partial charge >= 0.3 is 0 Å². The Balaban J connectivity index is 0.000000394. The molecule has 0 saturated carbocycles. The predicted molar refractivity (Wildman–Crippen MR) is 92.2 cm³/mol. The molecule has 0 fully saturated rings. The quantitative estimate of drug-likeness (QED) is 0.272. The van der Waals surface area contributed by atoms with E-state index in [1.54, 1.807) is 0 Å². The molecule has 1 heterocycles. The number of nitrogens with one attached hydrogen (secondary N) is 2. The third-order valence-electron chi connectivity index (χ3n) is 2.30. The monoisotopic (exact) mass is 359 g/mol. The SMILES string of the molecule is ClC1=NCN(Cl)C(Cl)=N1.NCCCNCCNCCCN. The molecule has 7 nitrogen and oxygen atoms in total. The van der Waals surface area contributed by atoms with Crippen LogP contribution >= 0.6 is 35.0 Å². The van der Waals surface area contributed by atoms with E-state index in [4.69, 9.17) is 46.4 Å². The minimum absolute atomic E-state index is 0.136. The van der Waals surface area contributed by atoms with Crippen molar-refractivity contribution < 1.29 is 0 Å². The molecule has 124 valence electrons. The molecule has 1 aliphatic heterocycles. The zero-order valence-electron chi connectivity index (χ0n) is 12.0. The molecule has 0 aromatic carbocycles. The topological polar surface area (TPSA) is 104 Å². The molecule has 0 amide bonds. The van der Waals surface area contributed by atoms with Crippen LogP contribution in [0.25, 0.3) is 0 Å². The summed E-state index contributed by atoms with van der Waals surface area (Å²) in [6.45, 7) is 5.88. The Morgan fingerprint density at radius 2 is 1.52 bits per heavy atom. The molecule has 0 saturated heterocycles. The number of nitrogens with zero attached hydrogens (tertiary/aromatic N) is 3. The molecule has 0 aromatic heterocycles. The molecule has 0 unspecified atom stereocenters. The molecule has 6 N–H and O–H groups in total. The fraction of sp³-hybridized carbons (Fsp3) is 0.818. The maximum atomic E-state index is 5.44. The van der Waals surface area contributed by atoms with Gasteiger partial charge in [-0.25, -0.2) is 9.41 Å². The highest BCUT2D eigenvalue weighted by Gasteiger charge is 2.10. The van der Waals surface area contributed by atoms with Crippen molar-refractivity contribution in [2.75, 3.05) is 45.9 Å². The van der Waals surface area contributed by atoms with Crippen LogP contribution in [0.4, 0.5) is 0 Å². The largest absolute Gasteiger partial charge is 0.330 e. The predicted octanol–water partition coefficient (Wildman–Crippen LogP) is 0.466. The third-order valence-corrected chi connectivity index (χ3v) is 3.15. The summed E-state index contributed by atoms with van der Waals surface area (Å²) < 4.78 is 1.16. The fourth-order valence-electron chi connectivity index (χ4n) is 1.23. The van der Waals surface area contributed by atoms with Gasteiger partial charge in [-0.05, 0) is 62.2 Å². The molecule has 0 aromatic rings. The number of aliphatic imine (C=N–C) groups is 2. The van der Waals surface area contributed by atoms with Crippen LogP contribution in [0.15, 0.2) is 9.98 Å². The average molecular weight is 361 g/mol. The molecular formula is C11H24Cl3N7. The molecule has 0 spiro atoms. The van der Waals surface area contributed by atoms with E-state index >= 15 is 0 Å². The number of rotatable bonds is 9. The van der Waals surface area contributed by atoms with Crippen molar-refractivity contribution in [3.05, 3.63) is 0 Å². The lowest BCUT2D eigenvalue weighted by Gasteiger charge is -2.12. The third kappa shape index (κ3) is 13.2. The molecule has 0 bridgehead atoms. The van der Waals surface area contributed by atoms with Gasteiger partial charge in [0.2, 0.25) is 10.6 Å². The first kappa shape index (κ1) is 20.9. The molecule has 0 radical (unpaired) electrons. The molecule has 0 aliphatic carbocycles. The fourth-order valence-corrected chi connectivity index (χ4v) is 1.63. The van der Waals surface area contributed by atoms with Crippen molar-refractivity contribution in [3.63, 3.8) is 0 Å². The number of nitrogens with two attached hydrogens (primary N) is 2. The Bertz CT molecular complexity index is 302. The summed E-state index contributed by atoms with van der Waals surface area (Å²) in [5.41, 5.74) is 10.7. The summed E-state index contributed by atoms with van der Waals surface area (Å²) in [5, 5.41) is 6.86. The van der Waals surface area contributed by atoms with Crippen LogP contribution < -0.4 is 22.1 Å². The second-order valence-corrected chi connectivity index (χ2v) is 5.18. The maximum Gasteiger partial charge on any atom is 0.222 e. The summed E-state index contributed by atoms with van der Waals surface area (Å²) in [4.78, 5) is 7.22. The Labute approximate surface area is 141 Å². The number of hydrogen-bond acceptors (Lipinski definition) is 7. The van der Waals surface area contributed by atoms with Crippen molar-refractivity contribution in [1.82, 2.24) is 15.1 Å². The molecule has 0 atom stereocenters. The van der Waals surface area contributed by atoms with Gasteiger partial charge in [0.15, 0.2) is 0 Å². The number of hydrogen-bond donors (Lipinski definition) is 4. The Kier molecular flexibility index (Phi) is 14.7. The first-order chi connectivity index (χ1) is 10.1. The van der Waals surface area contributed by atoms with Crippen molar-refractivity contribution in [2.45, 2.75) is 12.8 Å². The van der Waals surface area contributed by atoms with Crippen LogP contribution in [-0.2, 0) is 0 Å². The van der Waals surface area contributed by atoms with Gasteiger partial charge < -0.3 is 22.1 Å². The molecule has 21 heavy (non-hydrogen) atoms. The van der Waals surface area contributed by atoms with Gasteiger partial charge in [0.25, 0.3) is 0 Å². The zero-order chi connectivity index (χ0) is 15.9. The van der Waals surface area contributed by atoms with Crippen molar-refractivity contribution in [3.8, 4) is 0 Å². The first-order valence-electron chi connectivity index (χ1n) is 6.80. The molecule has 10 heteroatoms. The van der Waals surface area contributed by atoms with E-state index < -0.39 is 0 Å². The van der Waals surface area contributed by atoms with Gasteiger partial charge in [0.05, 0.1) is 0 Å². The second-order valence-electron chi connectivity index (χ2n) is 4.10. The highest BCUT2D eigenvalue weighted by molar-refractivity contribution is 6.72. The highest BCUT2D eigenvalue weighted by Crippen LogP contribution is 2.08. The summed E-state index contributed by atoms with van der Waals surface area (Å²) in [6.07, 6.45) is 2.12. The summed E-state index contributed by atoms with van der Waals surface area (Å²) >= 11 is 16.2. The van der Waals surface area contributed by atoms with E-state index in [9.17, 15) is 0 Å². The van der Waals surface area contributed by atoms with Crippen LogP contribution in [0.5, 0.6) is 0 Å². The molecular weight excluding hydrogens is 337 g/mol. The van der Waals surface area contributed by atoms with E-state index in [-0.39, 0.29) is 17.3 Å². The zero-order valence-corrected chi connectivity index (χ0v) is 14.3. The second kappa shape index (κ2) is 14.8. The lowest BCUT2D eigenvalue weighted by atomic mass is 10.4. The molecule has 1 aliphatic rings. The number of halogens is 3. The standard InChI is InChI=1S/C8H22N4.C3H2Cl3N3/c9-3-1-5-11-7-8-12-6-2-4-10;4-2-7-1-9(6)3(5)8-2/h11-12H,1-10H2;1H2. The van der Waals surface area contributed by atoms with E-state index in [2.05, 4.69) is 20.6 Å². The smallest absolute Gasteiger partial charge is 0.222 e. The first-order valence-corrected chi connectivity index (χ1v) is 7.90. The molecule has 1 rings (SSSR count). The van der Waals surface area contributed by atoms with Crippen molar-refractivity contribution >= 4 is 45.6 Å². The van der Waals surface area contributed by atoms with E-state index in [0.29, 0.717) is 0 Å². The van der Waals surface area contributed by atoms with Crippen LogP contribution in [0.1, 0.15) is 12.8 Å². The van der Waals surface area contributed by atoms with E-state index in [0.717, 1.165) is 56.5 Å². The van der Waals surface area contributed by atoms with Crippen LogP contribution in [0, 0.1) is 0 Å². The average Bonchev–Trinajstić information content (AvgIpc) is 2.47. The lowest BCUT2D eigenvalue weighted by molar-refractivity contribution is 0.590. The van der Waals surface area contributed by atoms with Crippen molar-refractivity contribution in [1.29, 1.82) is 0 Å². The van der Waals surface area contributed by atoms with E-state index in [1.165, 1.54) is 0 Å². The summed E-state index contributed by atoms with van der Waals surface area (Å²) in [6, 6.07) is 0. The van der Waals surface area contributed by atoms with Crippen LogP contribution in [-0.4, -0.2) is 60.9 Å². The Morgan fingerprint density at radius 1 is 1.00 bits per heavy atom. The normalized spacial score (nSPS) is 14.2. The van der Waals surface area contributed by atoms with Crippen LogP contribution in [0.2, 0.25) is 0 Å². The number of amidine groups is 2. The summed E-state index contributed by atoms with van der Waals surface area (Å²) in [5.74, 6) is 0. The minimum atomic E-state index is 0.136. The Morgan fingerprint density at radius 3 is 1.90 bits per heavy atom. The van der Waals surface area contributed by atoms with Gasteiger partial charge in [-0.2, -0.15) is 4.99 Å². The van der Waals surface area contributed by atoms with E-state index in [1.807, 2.05) is 0 Å². The van der Waals surface area contributed by atoms with Gasteiger partial charge in [-0.1, -0.05) is 0 Å². The van der Waals surface area contributed by atoms with Gasteiger partial charge in [0.1, 0.15) is 6.67 Å². The lowest BCUT2D eigenvalue weighted by Crippen LogP contribution is -2.29. The van der Waals surface area contributed by atoms with Gasteiger partial charge in [-0.3, -0.25) is 0 Å². The Hall–Kier alpha value is -0.150. The minimum Gasteiger partial charge on any atom is -0.330 e. The van der Waals surface area contributed by atoms with Crippen LogP contribution in [0.3, 0.4) is 0 Å². The maximum absolute atomic E-state index is 5.44. The van der Waals surface area contributed by atoms with Crippen molar-refractivity contribution in [2.24, 2.45) is 21.5 Å².